The number of fused-ring (bicyclic) bond motifs is 1. The largest absolute Gasteiger partial charge is 0.333 e. The summed E-state index contributed by atoms with van der Waals surface area (Å²) in [5, 5.41) is 10.8. The number of carbonyl (C=O) groups is 1. The second-order valence-electron chi connectivity index (χ2n) is 7.95. The molecular formula is C21H24N10O. The fourth-order valence-electron chi connectivity index (χ4n) is 3.79. The van der Waals surface area contributed by atoms with Gasteiger partial charge in [0.15, 0.2) is 11.6 Å². The van der Waals surface area contributed by atoms with Gasteiger partial charge in [-0.1, -0.05) is 0 Å². The molecule has 1 fully saturated rings. The van der Waals surface area contributed by atoms with Crippen molar-refractivity contribution in [2.24, 2.45) is 0 Å². The monoisotopic (exact) mass is 432 g/mol. The van der Waals surface area contributed by atoms with Gasteiger partial charge in [-0.15, -0.1) is 5.10 Å². The van der Waals surface area contributed by atoms with Gasteiger partial charge in [-0.25, -0.2) is 14.5 Å². The van der Waals surface area contributed by atoms with Gasteiger partial charge in [0, 0.05) is 37.4 Å². The average Bonchev–Trinajstić information content (AvgIpc) is 3.54. The summed E-state index contributed by atoms with van der Waals surface area (Å²) in [5.41, 5.74) is 0.826. The molecule has 0 unspecified atom stereocenters. The second kappa shape index (κ2) is 8.25. The first kappa shape index (κ1) is 19.9. The summed E-state index contributed by atoms with van der Waals surface area (Å²) in [6.07, 6.45) is 11.8. The van der Waals surface area contributed by atoms with Crippen LogP contribution in [0.5, 0.6) is 0 Å². The highest BCUT2D eigenvalue weighted by Gasteiger charge is 2.33. The van der Waals surface area contributed by atoms with Gasteiger partial charge in [-0.05, 0) is 38.8 Å². The lowest BCUT2D eigenvalue weighted by Gasteiger charge is -2.24. The Kier molecular flexibility index (Phi) is 5.13. The van der Waals surface area contributed by atoms with Gasteiger partial charge in [-0.3, -0.25) is 9.78 Å². The Hall–Kier alpha value is -4.02. The van der Waals surface area contributed by atoms with Crippen LogP contribution in [-0.2, 0) is 4.79 Å². The van der Waals surface area contributed by atoms with E-state index in [2.05, 4.69) is 44.5 Å². The van der Waals surface area contributed by atoms with E-state index < -0.39 is 6.04 Å². The fourth-order valence-corrected chi connectivity index (χ4v) is 3.79. The lowest BCUT2D eigenvalue weighted by Crippen LogP contribution is -2.41. The first-order valence-corrected chi connectivity index (χ1v) is 10.6. The van der Waals surface area contributed by atoms with Crippen LogP contribution in [0.4, 0.5) is 23.4 Å². The minimum atomic E-state index is -0.391. The number of nitrogens with zero attached hydrogens (tertiary/aromatic N) is 8. The van der Waals surface area contributed by atoms with Crippen molar-refractivity contribution in [3.63, 3.8) is 0 Å². The Balaban J connectivity index is 1.43. The van der Waals surface area contributed by atoms with Gasteiger partial charge in [0.25, 0.3) is 0 Å². The van der Waals surface area contributed by atoms with E-state index in [1.54, 1.807) is 23.2 Å². The van der Waals surface area contributed by atoms with Crippen molar-refractivity contribution in [2.75, 3.05) is 22.1 Å². The molecule has 1 amide bonds. The van der Waals surface area contributed by atoms with E-state index >= 15 is 0 Å². The number of hydrogen-bond acceptors (Lipinski definition) is 8. The minimum Gasteiger partial charge on any atom is -0.333 e. The van der Waals surface area contributed by atoms with E-state index in [9.17, 15) is 4.79 Å². The smallest absolute Gasteiger partial charge is 0.248 e. The molecule has 0 aromatic carbocycles. The predicted molar refractivity (Wildman–Crippen MR) is 120 cm³/mol. The van der Waals surface area contributed by atoms with E-state index in [0.29, 0.717) is 42.4 Å². The van der Waals surface area contributed by atoms with Crippen molar-refractivity contribution in [1.29, 1.82) is 0 Å². The van der Waals surface area contributed by atoms with Gasteiger partial charge in [0.2, 0.25) is 11.9 Å². The van der Waals surface area contributed by atoms with Gasteiger partial charge >= 0.3 is 0 Å². The van der Waals surface area contributed by atoms with Crippen molar-refractivity contribution >= 4 is 34.8 Å². The SMILES string of the molecule is CC(C)n1cnc(Nc2nc(N3CCC[C@H]3C(=O)Nc3cnccn3)nn3cccc23)c1. The molecular weight excluding hydrogens is 408 g/mol. The Labute approximate surface area is 184 Å². The molecule has 4 aromatic heterocycles. The number of carbonyl (C=O) groups excluding carboxylic acids is 1. The zero-order chi connectivity index (χ0) is 22.1. The predicted octanol–water partition coefficient (Wildman–Crippen LogP) is 2.65. The molecule has 164 valence electrons. The first-order valence-electron chi connectivity index (χ1n) is 10.6. The van der Waals surface area contributed by atoms with Crippen molar-refractivity contribution in [3.8, 4) is 0 Å². The highest BCUT2D eigenvalue weighted by Crippen LogP contribution is 2.27. The van der Waals surface area contributed by atoms with Crippen LogP contribution in [0.1, 0.15) is 32.7 Å². The van der Waals surface area contributed by atoms with Crippen LogP contribution < -0.4 is 15.5 Å². The van der Waals surface area contributed by atoms with Crippen LogP contribution in [0.2, 0.25) is 0 Å². The molecule has 0 spiro atoms. The molecule has 4 aromatic rings. The summed E-state index contributed by atoms with van der Waals surface area (Å²) < 4.78 is 3.78. The Bertz CT molecular complexity index is 1230. The van der Waals surface area contributed by atoms with Gasteiger partial charge < -0.3 is 20.1 Å². The molecule has 0 bridgehead atoms. The third-order valence-electron chi connectivity index (χ3n) is 5.45. The Morgan fingerprint density at radius 1 is 1.22 bits per heavy atom. The third kappa shape index (κ3) is 3.84. The summed E-state index contributed by atoms with van der Waals surface area (Å²) in [4.78, 5) is 32.2. The molecule has 1 atom stereocenters. The van der Waals surface area contributed by atoms with E-state index in [-0.39, 0.29) is 5.91 Å². The number of aromatic nitrogens is 7. The van der Waals surface area contributed by atoms with Crippen LogP contribution in [0, 0.1) is 0 Å². The standard InChI is InChI=1S/C21H24N10O/c1-14(2)29-12-18(24-13-29)25-19-15-5-4-10-31(15)28-21(27-19)30-9-3-6-16(30)20(32)26-17-11-22-7-8-23-17/h4-5,7-8,10-14,16H,3,6,9H2,1-2H3,(H,23,26,32)(H,25,27,28)/t16-/m0/s1. The first-order chi connectivity index (χ1) is 15.6. The molecule has 11 nitrogen and oxygen atoms in total. The Morgan fingerprint density at radius 2 is 2.12 bits per heavy atom. The van der Waals surface area contributed by atoms with E-state index in [1.807, 2.05) is 34.0 Å². The zero-order valence-corrected chi connectivity index (χ0v) is 17.9. The highest BCUT2D eigenvalue weighted by molar-refractivity contribution is 5.96. The van der Waals surface area contributed by atoms with Crippen LogP contribution in [0.15, 0.2) is 49.4 Å². The summed E-state index contributed by atoms with van der Waals surface area (Å²) in [6, 6.07) is 3.77. The molecule has 11 heteroatoms. The van der Waals surface area contributed by atoms with Gasteiger partial charge in [-0.2, -0.15) is 4.98 Å². The van der Waals surface area contributed by atoms with Gasteiger partial charge in [0.1, 0.15) is 17.4 Å². The van der Waals surface area contributed by atoms with Crippen LogP contribution in [0.3, 0.4) is 0 Å². The second-order valence-corrected chi connectivity index (χ2v) is 7.95. The average molecular weight is 432 g/mol. The summed E-state index contributed by atoms with van der Waals surface area (Å²) in [6.45, 7) is 4.88. The molecule has 0 aliphatic carbocycles. The quantitative estimate of drug-likeness (QED) is 0.477. The lowest BCUT2D eigenvalue weighted by molar-refractivity contribution is -0.117. The lowest BCUT2D eigenvalue weighted by atomic mass is 10.2. The highest BCUT2D eigenvalue weighted by atomic mass is 16.2. The molecule has 1 saturated heterocycles. The molecule has 32 heavy (non-hydrogen) atoms. The van der Waals surface area contributed by atoms with Crippen molar-refractivity contribution in [3.05, 3.63) is 49.4 Å². The normalized spacial score (nSPS) is 16.1. The molecule has 2 N–H and O–H groups in total. The summed E-state index contributed by atoms with van der Waals surface area (Å²) in [5.74, 6) is 2.09. The molecule has 5 rings (SSSR count). The van der Waals surface area contributed by atoms with E-state index in [1.165, 1.54) is 6.20 Å². The molecule has 1 aliphatic rings. The number of nitrogens with one attached hydrogen (secondary N) is 2. The van der Waals surface area contributed by atoms with Crippen LogP contribution in [-0.4, -0.2) is 52.6 Å². The molecule has 0 saturated carbocycles. The Morgan fingerprint density at radius 3 is 2.91 bits per heavy atom. The van der Waals surface area contributed by atoms with E-state index in [0.717, 1.165) is 11.9 Å². The van der Waals surface area contributed by atoms with Crippen molar-refractivity contribution in [2.45, 2.75) is 38.8 Å². The van der Waals surface area contributed by atoms with Crippen LogP contribution in [0.25, 0.3) is 5.52 Å². The summed E-state index contributed by atoms with van der Waals surface area (Å²) >= 11 is 0. The number of imidazole rings is 1. The number of anilines is 4. The topological polar surface area (TPSA) is 118 Å². The maximum atomic E-state index is 12.9. The summed E-state index contributed by atoms with van der Waals surface area (Å²) in [7, 11) is 0. The number of rotatable bonds is 6. The fraction of sp³-hybridized carbons (Fsp3) is 0.333. The zero-order valence-electron chi connectivity index (χ0n) is 17.9. The van der Waals surface area contributed by atoms with Crippen molar-refractivity contribution < 1.29 is 4.79 Å². The van der Waals surface area contributed by atoms with E-state index in [4.69, 9.17) is 4.98 Å². The van der Waals surface area contributed by atoms with Crippen molar-refractivity contribution in [1.82, 2.24) is 34.1 Å². The molecule has 5 heterocycles. The minimum absolute atomic E-state index is 0.149. The number of hydrogen-bond donors (Lipinski definition) is 2. The van der Waals surface area contributed by atoms with Crippen LogP contribution >= 0.6 is 0 Å². The molecule has 1 aliphatic heterocycles. The van der Waals surface area contributed by atoms with Gasteiger partial charge in [0.05, 0.1) is 12.5 Å². The maximum Gasteiger partial charge on any atom is 0.248 e. The third-order valence-corrected chi connectivity index (χ3v) is 5.45. The maximum absolute atomic E-state index is 12.9. The number of amides is 1. The molecule has 0 radical (unpaired) electrons.